The fourth-order valence-electron chi connectivity index (χ4n) is 1.81. The van der Waals surface area contributed by atoms with Gasteiger partial charge >= 0.3 is 11.9 Å². The fourth-order valence-corrected chi connectivity index (χ4v) is 2.62. The minimum absolute atomic E-state index is 0.0630. The van der Waals surface area contributed by atoms with Gasteiger partial charge in [-0.1, -0.05) is 0 Å². The standard InChI is InChI=1S/C10H12BrNO3.C6H4BrNO3/c1-3-12-6-7(11)5-8(9(12)13)10(14)15-4-2;7-3-1-4(6(10)11)5(9)8-2-3/h5-6H,3-4H2,1-2H3;1-2H,(H,8,9)(H,10,11). The van der Waals surface area contributed by atoms with E-state index in [9.17, 15) is 19.2 Å². The van der Waals surface area contributed by atoms with Gasteiger partial charge in [-0.05, 0) is 57.8 Å². The number of aromatic nitrogens is 2. The van der Waals surface area contributed by atoms with Crippen molar-refractivity contribution < 1.29 is 19.4 Å². The molecule has 2 rings (SSSR count). The molecule has 8 nitrogen and oxygen atoms in total. The summed E-state index contributed by atoms with van der Waals surface area (Å²) in [5.74, 6) is -1.81. The monoisotopic (exact) mass is 490 g/mol. The van der Waals surface area contributed by atoms with Gasteiger partial charge in [0, 0.05) is 27.9 Å². The number of nitrogens with zero attached hydrogens (tertiary/aromatic N) is 1. The maximum Gasteiger partial charge on any atom is 0.343 e. The van der Waals surface area contributed by atoms with Gasteiger partial charge in [0.1, 0.15) is 11.1 Å². The summed E-state index contributed by atoms with van der Waals surface area (Å²) in [6.45, 7) is 4.32. The first-order chi connectivity index (χ1) is 12.2. The molecule has 0 atom stereocenters. The number of carbonyl (C=O) groups is 2. The number of carbonyl (C=O) groups excluding carboxylic acids is 1. The van der Waals surface area contributed by atoms with Gasteiger partial charge in [-0.2, -0.15) is 0 Å². The van der Waals surface area contributed by atoms with Gasteiger partial charge in [0.2, 0.25) is 0 Å². The lowest BCUT2D eigenvalue weighted by molar-refractivity contribution is 0.0523. The first-order valence-electron chi connectivity index (χ1n) is 7.39. The first kappa shape index (κ1) is 21.8. The van der Waals surface area contributed by atoms with Gasteiger partial charge in [-0.15, -0.1) is 0 Å². The van der Waals surface area contributed by atoms with Crippen LogP contribution in [0.2, 0.25) is 0 Å². The highest BCUT2D eigenvalue weighted by Gasteiger charge is 2.14. The lowest BCUT2D eigenvalue weighted by Gasteiger charge is -2.06. The van der Waals surface area contributed by atoms with Crippen LogP contribution in [0.4, 0.5) is 0 Å². The number of carboxylic acid groups (broad SMARTS) is 1. The third-order valence-corrected chi connectivity index (χ3v) is 3.88. The zero-order chi connectivity index (χ0) is 19.9. The summed E-state index contributed by atoms with van der Waals surface area (Å²) < 4.78 is 7.47. The zero-order valence-electron chi connectivity index (χ0n) is 13.9. The summed E-state index contributed by atoms with van der Waals surface area (Å²) in [5.41, 5.74) is -1.12. The number of H-pyrrole nitrogens is 1. The van der Waals surface area contributed by atoms with Gasteiger partial charge in [0.25, 0.3) is 11.1 Å². The predicted octanol–water partition coefficient (Wildman–Crippen LogP) is 2.64. The molecule has 0 fully saturated rings. The van der Waals surface area contributed by atoms with Crippen molar-refractivity contribution in [3.63, 3.8) is 0 Å². The normalized spacial score (nSPS) is 9.85. The summed E-state index contributed by atoms with van der Waals surface area (Å²) in [6, 6.07) is 2.73. The van der Waals surface area contributed by atoms with Crippen molar-refractivity contribution in [2.45, 2.75) is 20.4 Å². The maximum atomic E-state index is 11.7. The number of aromatic carboxylic acids is 1. The molecule has 26 heavy (non-hydrogen) atoms. The Morgan fingerprint density at radius 2 is 1.77 bits per heavy atom. The van der Waals surface area contributed by atoms with E-state index in [0.29, 0.717) is 15.5 Å². The number of hydrogen-bond acceptors (Lipinski definition) is 5. The number of rotatable bonds is 4. The molecule has 2 N–H and O–H groups in total. The summed E-state index contributed by atoms with van der Waals surface area (Å²) >= 11 is 6.27. The van der Waals surface area contributed by atoms with Crippen molar-refractivity contribution in [1.82, 2.24) is 9.55 Å². The van der Waals surface area contributed by atoms with E-state index in [2.05, 4.69) is 36.8 Å². The zero-order valence-corrected chi connectivity index (χ0v) is 17.1. The molecule has 0 radical (unpaired) electrons. The van der Waals surface area contributed by atoms with E-state index in [4.69, 9.17) is 9.84 Å². The molecule has 140 valence electrons. The highest BCUT2D eigenvalue weighted by Crippen LogP contribution is 2.09. The second kappa shape index (κ2) is 10.1. The highest BCUT2D eigenvalue weighted by atomic mass is 79.9. The number of hydrogen-bond donors (Lipinski definition) is 2. The summed E-state index contributed by atoms with van der Waals surface area (Å²) in [6.07, 6.45) is 3.03. The highest BCUT2D eigenvalue weighted by molar-refractivity contribution is 9.10. The van der Waals surface area contributed by atoms with Gasteiger partial charge in [-0.3, -0.25) is 9.59 Å². The van der Waals surface area contributed by atoms with E-state index in [-0.39, 0.29) is 23.3 Å². The van der Waals surface area contributed by atoms with Crippen LogP contribution in [0.3, 0.4) is 0 Å². The van der Waals surface area contributed by atoms with E-state index < -0.39 is 17.5 Å². The Morgan fingerprint density at radius 3 is 2.27 bits per heavy atom. The first-order valence-corrected chi connectivity index (χ1v) is 8.98. The number of aromatic amines is 1. The number of carboxylic acids is 1. The SMILES string of the molecule is CCOC(=O)c1cc(Br)cn(CC)c1=O.O=C(O)c1cc(Br)c[nH]c1=O. The molecule has 0 saturated carbocycles. The lowest BCUT2D eigenvalue weighted by Crippen LogP contribution is -2.26. The third-order valence-electron chi connectivity index (χ3n) is 2.99. The Morgan fingerprint density at radius 1 is 1.15 bits per heavy atom. The molecular formula is C16H16Br2N2O6. The van der Waals surface area contributed by atoms with Gasteiger partial charge < -0.3 is 19.4 Å². The van der Waals surface area contributed by atoms with Crippen molar-refractivity contribution in [3.8, 4) is 0 Å². The van der Waals surface area contributed by atoms with E-state index in [1.807, 2.05) is 6.92 Å². The topological polar surface area (TPSA) is 118 Å². The van der Waals surface area contributed by atoms with Gasteiger partial charge in [-0.25, -0.2) is 9.59 Å². The number of esters is 1. The van der Waals surface area contributed by atoms with Crippen LogP contribution >= 0.6 is 31.9 Å². The molecule has 0 bridgehead atoms. The molecule has 0 unspecified atom stereocenters. The van der Waals surface area contributed by atoms with Crippen LogP contribution in [0.5, 0.6) is 0 Å². The summed E-state index contributed by atoms with van der Waals surface area (Å²) in [4.78, 5) is 46.5. The molecule has 0 aliphatic heterocycles. The average molecular weight is 492 g/mol. The van der Waals surface area contributed by atoms with Crippen molar-refractivity contribution in [2.24, 2.45) is 0 Å². The Bertz CT molecular complexity index is 920. The van der Waals surface area contributed by atoms with E-state index >= 15 is 0 Å². The number of aryl methyl sites for hydroxylation is 1. The Balaban J connectivity index is 0.000000273. The van der Waals surface area contributed by atoms with Gasteiger partial charge in [0.05, 0.1) is 6.61 Å². The quantitative estimate of drug-likeness (QED) is 0.634. The second-order valence-corrected chi connectivity index (χ2v) is 6.58. The average Bonchev–Trinajstić information content (AvgIpc) is 2.59. The minimum Gasteiger partial charge on any atom is -0.477 e. The van der Waals surface area contributed by atoms with Gasteiger partial charge in [0.15, 0.2) is 0 Å². The molecule has 2 aromatic heterocycles. The maximum absolute atomic E-state index is 11.7. The third kappa shape index (κ3) is 5.95. The van der Waals surface area contributed by atoms with Crippen LogP contribution < -0.4 is 11.1 Å². The van der Waals surface area contributed by atoms with Crippen molar-refractivity contribution in [3.05, 3.63) is 65.3 Å². The molecular weight excluding hydrogens is 476 g/mol. The molecule has 0 aliphatic carbocycles. The van der Waals surface area contributed by atoms with Crippen LogP contribution in [-0.4, -0.2) is 33.2 Å². The van der Waals surface area contributed by atoms with Crippen LogP contribution in [-0.2, 0) is 11.3 Å². The molecule has 0 aliphatic rings. The lowest BCUT2D eigenvalue weighted by atomic mass is 10.3. The minimum atomic E-state index is -1.23. The Kier molecular flexibility index (Phi) is 8.46. The molecule has 0 amide bonds. The van der Waals surface area contributed by atoms with Crippen LogP contribution in [0.1, 0.15) is 34.6 Å². The summed E-state index contributed by atoms with van der Waals surface area (Å²) in [5, 5.41) is 8.45. The molecule has 0 aromatic carbocycles. The Hall–Kier alpha value is -2.20. The van der Waals surface area contributed by atoms with Crippen molar-refractivity contribution in [2.75, 3.05) is 6.61 Å². The largest absolute Gasteiger partial charge is 0.477 e. The number of halogens is 2. The van der Waals surface area contributed by atoms with Crippen molar-refractivity contribution in [1.29, 1.82) is 0 Å². The molecule has 2 heterocycles. The number of ether oxygens (including phenoxy) is 1. The number of nitrogens with one attached hydrogen (secondary N) is 1. The van der Waals surface area contributed by atoms with Crippen LogP contribution in [0.15, 0.2) is 43.1 Å². The fraction of sp³-hybridized carbons (Fsp3) is 0.250. The molecule has 2 aromatic rings. The van der Waals surface area contributed by atoms with Crippen LogP contribution in [0, 0.1) is 0 Å². The van der Waals surface area contributed by atoms with Crippen molar-refractivity contribution >= 4 is 43.8 Å². The predicted molar refractivity (Wildman–Crippen MR) is 102 cm³/mol. The number of pyridine rings is 2. The molecule has 0 spiro atoms. The summed E-state index contributed by atoms with van der Waals surface area (Å²) in [7, 11) is 0. The van der Waals surface area contributed by atoms with E-state index in [1.165, 1.54) is 22.9 Å². The Labute approximate surface area is 165 Å². The second-order valence-electron chi connectivity index (χ2n) is 4.75. The molecule has 0 saturated heterocycles. The smallest absolute Gasteiger partial charge is 0.343 e. The van der Waals surface area contributed by atoms with E-state index in [0.717, 1.165) is 0 Å². The van der Waals surface area contributed by atoms with E-state index in [1.54, 1.807) is 13.1 Å². The van der Waals surface area contributed by atoms with Crippen LogP contribution in [0.25, 0.3) is 0 Å². The molecule has 10 heteroatoms.